The zero-order chi connectivity index (χ0) is 21.0. The van der Waals surface area contributed by atoms with Crippen LogP contribution in [-0.2, 0) is 4.79 Å². The molecule has 0 bridgehead atoms. The molecule has 0 aliphatic rings. The highest BCUT2D eigenvalue weighted by Gasteiger charge is 2.25. The van der Waals surface area contributed by atoms with Gasteiger partial charge in [-0.25, -0.2) is 9.97 Å². The van der Waals surface area contributed by atoms with E-state index in [9.17, 15) is 9.90 Å². The predicted octanol–water partition coefficient (Wildman–Crippen LogP) is 3.18. The van der Waals surface area contributed by atoms with Crippen molar-refractivity contribution < 1.29 is 14.6 Å². The number of hydrogen-bond donors (Lipinski definition) is 4. The Kier molecular flexibility index (Phi) is 6.42. The van der Waals surface area contributed by atoms with Crippen LogP contribution >= 0.6 is 11.8 Å². The number of imidazole rings is 1. The van der Waals surface area contributed by atoms with Crippen molar-refractivity contribution in [3.8, 4) is 11.5 Å². The van der Waals surface area contributed by atoms with Gasteiger partial charge in [-0.2, -0.15) is 4.98 Å². The van der Waals surface area contributed by atoms with Gasteiger partial charge < -0.3 is 25.9 Å². The zero-order valence-electron chi connectivity index (χ0n) is 16.5. The first-order chi connectivity index (χ1) is 13.9. The highest BCUT2D eigenvalue weighted by Crippen LogP contribution is 2.33. The smallest absolute Gasteiger partial charge is 0.237 e. The Labute approximate surface area is 172 Å². The van der Waals surface area contributed by atoms with E-state index in [1.54, 1.807) is 12.1 Å². The maximum atomic E-state index is 13.1. The largest absolute Gasteiger partial charge is 0.504 e. The third kappa shape index (κ3) is 4.89. The molecule has 0 aliphatic heterocycles. The van der Waals surface area contributed by atoms with Crippen LogP contribution in [0, 0.1) is 5.92 Å². The van der Waals surface area contributed by atoms with Crippen molar-refractivity contribution in [3.63, 3.8) is 0 Å². The summed E-state index contributed by atoms with van der Waals surface area (Å²) < 4.78 is 5.11. The number of phenolic OH excluding ortho intramolecular Hbond substituents is 1. The monoisotopic (exact) mass is 416 g/mol. The van der Waals surface area contributed by atoms with Crippen molar-refractivity contribution in [1.82, 2.24) is 19.9 Å². The van der Waals surface area contributed by atoms with Crippen molar-refractivity contribution in [3.05, 3.63) is 24.5 Å². The van der Waals surface area contributed by atoms with Crippen LogP contribution in [0.4, 0.5) is 11.6 Å². The highest BCUT2D eigenvalue weighted by molar-refractivity contribution is 8.00. The number of phenols is 1. The molecule has 2 aromatic heterocycles. The van der Waals surface area contributed by atoms with Crippen molar-refractivity contribution in [1.29, 1.82) is 0 Å². The van der Waals surface area contributed by atoms with Crippen molar-refractivity contribution in [2.75, 3.05) is 18.2 Å². The third-order valence-electron chi connectivity index (χ3n) is 4.58. The number of aromatic amines is 1. The lowest BCUT2D eigenvalue weighted by atomic mass is 10.0. The van der Waals surface area contributed by atoms with Crippen LogP contribution in [0.3, 0.4) is 0 Å². The van der Waals surface area contributed by atoms with Crippen molar-refractivity contribution in [2.24, 2.45) is 5.92 Å². The van der Waals surface area contributed by atoms with Gasteiger partial charge in [0.25, 0.3) is 0 Å². The molecule has 0 fully saturated rings. The number of carbonyl (C=O) groups excluding carboxylic acids is 1. The molecule has 10 heteroatoms. The number of aromatic hydroxyl groups is 1. The van der Waals surface area contributed by atoms with Gasteiger partial charge in [0.1, 0.15) is 10.5 Å². The quantitative estimate of drug-likeness (QED) is 0.249. The van der Waals surface area contributed by atoms with Gasteiger partial charge in [0, 0.05) is 11.8 Å². The molecule has 1 amide bonds. The van der Waals surface area contributed by atoms with E-state index in [1.807, 2.05) is 0 Å². The molecule has 0 saturated heterocycles. The number of thioether (sulfide) groups is 1. The summed E-state index contributed by atoms with van der Waals surface area (Å²) in [6.45, 7) is 4.19. The van der Waals surface area contributed by atoms with E-state index in [2.05, 4.69) is 39.1 Å². The molecule has 29 heavy (non-hydrogen) atoms. The minimum absolute atomic E-state index is 0.00845. The standard InChI is InChI=1S/C19H24N6O3S/c1-4-10(2)7-14(17(27)23-11-5-6-12(26)13(8-11)28-3)29-18-15-16(22-9-21-15)24-19(20)25-18/h5-6,8-10,14,26H,4,7H2,1-3H3,(H,23,27)(H3,20,21,22,24,25)/t10-,14-/m1/s1. The topological polar surface area (TPSA) is 139 Å². The summed E-state index contributed by atoms with van der Waals surface area (Å²) in [6.07, 6.45) is 3.12. The van der Waals surface area contributed by atoms with Gasteiger partial charge in [0.15, 0.2) is 17.1 Å². The first kappa shape index (κ1) is 20.7. The number of rotatable bonds is 8. The van der Waals surface area contributed by atoms with Crippen LogP contribution in [0.25, 0.3) is 11.2 Å². The number of carbonyl (C=O) groups is 1. The van der Waals surface area contributed by atoms with Crippen LogP contribution in [-0.4, -0.2) is 43.3 Å². The first-order valence-electron chi connectivity index (χ1n) is 9.22. The summed E-state index contributed by atoms with van der Waals surface area (Å²) >= 11 is 1.33. The Balaban J connectivity index is 1.86. The maximum absolute atomic E-state index is 13.1. The fraction of sp³-hybridized carbons (Fsp3) is 0.368. The lowest BCUT2D eigenvalue weighted by Crippen LogP contribution is -2.27. The summed E-state index contributed by atoms with van der Waals surface area (Å²) in [5.41, 5.74) is 7.45. The Morgan fingerprint density at radius 3 is 2.93 bits per heavy atom. The van der Waals surface area contributed by atoms with Crippen LogP contribution in [0.5, 0.6) is 11.5 Å². The van der Waals surface area contributed by atoms with Gasteiger partial charge in [0.2, 0.25) is 11.9 Å². The second-order valence-electron chi connectivity index (χ2n) is 6.72. The molecule has 2 atom stereocenters. The van der Waals surface area contributed by atoms with Crippen molar-refractivity contribution >= 4 is 40.5 Å². The van der Waals surface area contributed by atoms with Gasteiger partial charge in [-0.05, 0) is 24.5 Å². The lowest BCUT2D eigenvalue weighted by molar-refractivity contribution is -0.116. The van der Waals surface area contributed by atoms with Crippen LogP contribution < -0.4 is 15.8 Å². The maximum Gasteiger partial charge on any atom is 0.237 e. The molecule has 0 aliphatic carbocycles. The van der Waals surface area contributed by atoms with Crippen LogP contribution in [0.2, 0.25) is 0 Å². The average molecular weight is 417 g/mol. The minimum atomic E-state index is -0.412. The average Bonchev–Trinajstić information content (AvgIpc) is 3.17. The minimum Gasteiger partial charge on any atom is -0.504 e. The summed E-state index contributed by atoms with van der Waals surface area (Å²) in [6, 6.07) is 4.68. The van der Waals surface area contributed by atoms with Gasteiger partial charge >= 0.3 is 0 Å². The van der Waals surface area contributed by atoms with Gasteiger partial charge in [-0.1, -0.05) is 32.0 Å². The molecule has 0 radical (unpaired) electrons. The second-order valence-corrected chi connectivity index (χ2v) is 7.91. The number of methoxy groups -OCH3 is 1. The molecule has 0 saturated carbocycles. The van der Waals surface area contributed by atoms with Gasteiger partial charge in [-0.15, -0.1) is 0 Å². The molecule has 9 nitrogen and oxygen atoms in total. The number of nitrogen functional groups attached to an aromatic ring is 1. The number of aromatic nitrogens is 4. The highest BCUT2D eigenvalue weighted by atomic mass is 32.2. The predicted molar refractivity (Wildman–Crippen MR) is 113 cm³/mol. The fourth-order valence-corrected chi connectivity index (χ4v) is 4.04. The molecule has 3 aromatic rings. The molecule has 5 N–H and O–H groups in total. The lowest BCUT2D eigenvalue weighted by Gasteiger charge is -2.20. The first-order valence-corrected chi connectivity index (χ1v) is 10.1. The van der Waals surface area contributed by atoms with E-state index in [1.165, 1.54) is 31.3 Å². The van der Waals surface area contributed by atoms with E-state index in [-0.39, 0.29) is 23.4 Å². The van der Waals surface area contributed by atoms with Crippen molar-refractivity contribution in [2.45, 2.75) is 37.0 Å². The molecule has 3 rings (SSSR count). The number of ether oxygens (including phenoxy) is 1. The summed E-state index contributed by atoms with van der Waals surface area (Å²) in [4.78, 5) is 28.6. The number of benzene rings is 1. The van der Waals surface area contributed by atoms with E-state index < -0.39 is 5.25 Å². The Morgan fingerprint density at radius 1 is 1.41 bits per heavy atom. The number of nitrogens with zero attached hydrogens (tertiary/aromatic N) is 3. The third-order valence-corrected chi connectivity index (χ3v) is 5.79. The van der Waals surface area contributed by atoms with Gasteiger partial charge in [-0.3, -0.25) is 4.79 Å². The fourth-order valence-electron chi connectivity index (χ4n) is 2.76. The zero-order valence-corrected chi connectivity index (χ0v) is 17.3. The molecule has 154 valence electrons. The number of H-pyrrole nitrogens is 1. The van der Waals surface area contributed by atoms with E-state index in [0.29, 0.717) is 34.2 Å². The second kappa shape index (κ2) is 8.99. The Hall–Kier alpha value is -3.01. The molecule has 0 spiro atoms. The Bertz CT molecular complexity index is 1010. The summed E-state index contributed by atoms with van der Waals surface area (Å²) in [5, 5.41) is 12.8. The van der Waals surface area contributed by atoms with E-state index >= 15 is 0 Å². The number of nitrogens with two attached hydrogens (primary N) is 1. The molecular weight excluding hydrogens is 392 g/mol. The SMILES string of the molecule is CC[C@@H](C)C[C@@H](Sc1nc(N)nc2nc[nH]c12)C(=O)Nc1ccc(O)c(OC)c1. The molecule has 0 unspecified atom stereocenters. The van der Waals surface area contributed by atoms with Crippen LogP contribution in [0.15, 0.2) is 29.6 Å². The van der Waals surface area contributed by atoms with Crippen LogP contribution in [0.1, 0.15) is 26.7 Å². The molecule has 2 heterocycles. The number of nitrogens with one attached hydrogen (secondary N) is 2. The number of anilines is 2. The summed E-state index contributed by atoms with van der Waals surface area (Å²) in [7, 11) is 1.46. The van der Waals surface area contributed by atoms with Gasteiger partial charge in [0.05, 0.1) is 18.7 Å². The molecule has 1 aromatic carbocycles. The normalized spacial score (nSPS) is 13.2. The van der Waals surface area contributed by atoms with E-state index in [4.69, 9.17) is 10.5 Å². The number of hydrogen-bond acceptors (Lipinski definition) is 8. The van der Waals surface area contributed by atoms with E-state index in [0.717, 1.165) is 6.42 Å². The number of fused-ring (bicyclic) bond motifs is 1. The Morgan fingerprint density at radius 2 is 2.21 bits per heavy atom. The summed E-state index contributed by atoms with van der Waals surface area (Å²) in [5.74, 6) is 0.570. The molecular formula is C19H24N6O3S. The number of amides is 1.